The first-order valence-corrected chi connectivity index (χ1v) is 6.79. The van der Waals surface area contributed by atoms with Crippen LogP contribution in [0.25, 0.3) is 0 Å². The van der Waals surface area contributed by atoms with E-state index in [1.807, 2.05) is 6.92 Å². The summed E-state index contributed by atoms with van der Waals surface area (Å²) in [5.74, 6) is 0.0968. The van der Waals surface area contributed by atoms with Gasteiger partial charge >= 0.3 is 0 Å². The predicted octanol–water partition coefficient (Wildman–Crippen LogP) is 3.17. The average molecular weight is 279 g/mol. The third-order valence-electron chi connectivity index (χ3n) is 2.75. The molecule has 5 heteroatoms. The van der Waals surface area contributed by atoms with Crippen LogP contribution in [0.2, 0.25) is 0 Å². The van der Waals surface area contributed by atoms with E-state index in [1.165, 1.54) is 12.1 Å². The molecule has 0 aliphatic carbocycles. The summed E-state index contributed by atoms with van der Waals surface area (Å²) in [5.41, 5.74) is 4.11. The maximum atomic E-state index is 12.7. The van der Waals surface area contributed by atoms with Gasteiger partial charge in [0, 0.05) is 11.4 Å². The topological polar surface area (TPSA) is 53.5 Å². The Bertz CT molecular complexity index is 455. The Morgan fingerprint density at radius 1 is 1.30 bits per heavy atom. The Hall–Kier alpha value is -1.91. The summed E-state index contributed by atoms with van der Waals surface area (Å²) in [5, 5.41) is 6.94. The summed E-state index contributed by atoms with van der Waals surface area (Å²) >= 11 is 0. The van der Waals surface area contributed by atoms with Gasteiger partial charge in [0.1, 0.15) is 5.82 Å². The molecule has 0 radical (unpaired) electrons. The van der Waals surface area contributed by atoms with Crippen molar-refractivity contribution < 1.29 is 9.18 Å². The summed E-state index contributed by atoms with van der Waals surface area (Å²) in [4.78, 5) is 11.6. The van der Waals surface area contributed by atoms with Crippen molar-refractivity contribution >= 4 is 17.3 Å². The Morgan fingerprint density at radius 3 is 2.55 bits per heavy atom. The number of nitrogens with one attached hydrogen (secondary N) is 2. The molecule has 0 aromatic heterocycles. The van der Waals surface area contributed by atoms with Crippen molar-refractivity contribution in [1.29, 1.82) is 0 Å². The third-order valence-corrected chi connectivity index (χ3v) is 2.75. The summed E-state index contributed by atoms with van der Waals surface area (Å²) in [6.45, 7) is 6.31. The van der Waals surface area contributed by atoms with Crippen LogP contribution in [0, 0.1) is 11.7 Å². The van der Waals surface area contributed by atoms with Crippen molar-refractivity contribution in [2.75, 3.05) is 11.9 Å². The van der Waals surface area contributed by atoms with Crippen LogP contribution in [0.3, 0.4) is 0 Å². The van der Waals surface area contributed by atoms with Crippen LogP contribution in [0.1, 0.15) is 33.6 Å². The molecule has 0 aliphatic rings. The summed E-state index contributed by atoms with van der Waals surface area (Å²) in [7, 11) is 0. The standard InChI is InChI=1S/C15H22FN3O/c1-11(2)4-5-12(3)18-19-15(20)10-17-14-8-6-13(16)7-9-14/h6-9,11,17H,4-5,10H2,1-3H3,(H,19,20). The molecular formula is C15H22FN3O. The number of rotatable bonds is 7. The molecule has 4 nitrogen and oxygen atoms in total. The largest absolute Gasteiger partial charge is 0.376 e. The quantitative estimate of drug-likeness (QED) is 0.595. The summed E-state index contributed by atoms with van der Waals surface area (Å²) < 4.78 is 12.7. The second-order valence-electron chi connectivity index (χ2n) is 5.18. The van der Waals surface area contributed by atoms with Crippen LogP contribution in [-0.4, -0.2) is 18.2 Å². The average Bonchev–Trinajstić information content (AvgIpc) is 2.42. The van der Waals surface area contributed by atoms with E-state index in [4.69, 9.17) is 0 Å². The number of hydrazone groups is 1. The van der Waals surface area contributed by atoms with Gasteiger partial charge in [-0.15, -0.1) is 0 Å². The number of hydrogen-bond acceptors (Lipinski definition) is 3. The highest BCUT2D eigenvalue weighted by molar-refractivity contribution is 5.85. The van der Waals surface area contributed by atoms with E-state index in [0.29, 0.717) is 11.6 Å². The first kappa shape index (κ1) is 16.1. The van der Waals surface area contributed by atoms with Gasteiger partial charge in [-0.1, -0.05) is 13.8 Å². The number of amides is 1. The van der Waals surface area contributed by atoms with Gasteiger partial charge in [-0.25, -0.2) is 9.82 Å². The van der Waals surface area contributed by atoms with Crippen molar-refractivity contribution in [1.82, 2.24) is 5.43 Å². The molecule has 1 rings (SSSR count). The van der Waals surface area contributed by atoms with E-state index >= 15 is 0 Å². The van der Waals surface area contributed by atoms with E-state index < -0.39 is 0 Å². The molecule has 0 heterocycles. The highest BCUT2D eigenvalue weighted by Crippen LogP contribution is 2.07. The Morgan fingerprint density at radius 2 is 1.95 bits per heavy atom. The molecule has 1 aromatic carbocycles. The number of anilines is 1. The number of carbonyl (C=O) groups excluding carboxylic acids is 1. The first-order chi connectivity index (χ1) is 9.47. The minimum atomic E-state index is -0.301. The number of carbonyl (C=O) groups is 1. The zero-order chi connectivity index (χ0) is 15.0. The molecular weight excluding hydrogens is 257 g/mol. The zero-order valence-electron chi connectivity index (χ0n) is 12.2. The van der Waals surface area contributed by atoms with Crippen LogP contribution in [0.4, 0.5) is 10.1 Å². The van der Waals surface area contributed by atoms with Crippen LogP contribution in [-0.2, 0) is 4.79 Å². The van der Waals surface area contributed by atoms with Crippen LogP contribution < -0.4 is 10.7 Å². The molecule has 0 fully saturated rings. The van der Waals surface area contributed by atoms with Gasteiger partial charge in [-0.2, -0.15) is 5.10 Å². The SMILES string of the molecule is CC(CCC(C)C)=NNC(=O)CNc1ccc(F)cc1. The van der Waals surface area contributed by atoms with Gasteiger partial charge in [0.25, 0.3) is 5.91 Å². The molecule has 0 saturated carbocycles. The minimum Gasteiger partial charge on any atom is -0.376 e. The molecule has 0 bridgehead atoms. The fraction of sp³-hybridized carbons (Fsp3) is 0.467. The van der Waals surface area contributed by atoms with E-state index in [2.05, 4.69) is 29.7 Å². The van der Waals surface area contributed by atoms with Crippen LogP contribution in [0.5, 0.6) is 0 Å². The molecule has 1 aromatic rings. The van der Waals surface area contributed by atoms with Gasteiger partial charge in [0.05, 0.1) is 6.54 Å². The van der Waals surface area contributed by atoms with Crippen LogP contribution >= 0.6 is 0 Å². The molecule has 2 N–H and O–H groups in total. The summed E-state index contributed by atoms with van der Waals surface area (Å²) in [6.07, 6.45) is 1.93. The van der Waals surface area contributed by atoms with Gasteiger partial charge in [0.15, 0.2) is 0 Å². The monoisotopic (exact) mass is 279 g/mol. The minimum absolute atomic E-state index is 0.104. The zero-order valence-corrected chi connectivity index (χ0v) is 12.2. The number of nitrogens with zero attached hydrogens (tertiary/aromatic N) is 1. The Balaban J connectivity index is 2.29. The molecule has 0 saturated heterocycles. The molecule has 110 valence electrons. The molecule has 0 aliphatic heterocycles. The Kier molecular flexibility index (Phi) is 6.70. The van der Waals surface area contributed by atoms with Crippen molar-refractivity contribution in [3.05, 3.63) is 30.1 Å². The van der Waals surface area contributed by atoms with Crippen molar-refractivity contribution in [3.8, 4) is 0 Å². The summed E-state index contributed by atoms with van der Waals surface area (Å²) in [6, 6.07) is 5.85. The molecule has 0 unspecified atom stereocenters. The maximum Gasteiger partial charge on any atom is 0.259 e. The lowest BCUT2D eigenvalue weighted by molar-refractivity contribution is -0.119. The van der Waals surface area contributed by atoms with Crippen molar-refractivity contribution in [2.24, 2.45) is 11.0 Å². The lowest BCUT2D eigenvalue weighted by atomic mass is 10.1. The second kappa shape index (κ2) is 8.30. The van der Waals surface area contributed by atoms with E-state index in [1.54, 1.807) is 12.1 Å². The first-order valence-electron chi connectivity index (χ1n) is 6.79. The number of benzene rings is 1. The van der Waals surface area contributed by atoms with Gasteiger partial charge in [-0.3, -0.25) is 4.79 Å². The van der Waals surface area contributed by atoms with Gasteiger partial charge in [0.2, 0.25) is 0 Å². The highest BCUT2D eigenvalue weighted by atomic mass is 19.1. The highest BCUT2D eigenvalue weighted by Gasteiger charge is 2.01. The lowest BCUT2D eigenvalue weighted by Crippen LogP contribution is -2.26. The van der Waals surface area contributed by atoms with E-state index in [-0.39, 0.29) is 18.3 Å². The van der Waals surface area contributed by atoms with E-state index in [9.17, 15) is 9.18 Å². The van der Waals surface area contributed by atoms with E-state index in [0.717, 1.165) is 18.6 Å². The molecule has 20 heavy (non-hydrogen) atoms. The van der Waals surface area contributed by atoms with Crippen LogP contribution in [0.15, 0.2) is 29.4 Å². The fourth-order valence-corrected chi connectivity index (χ4v) is 1.50. The smallest absolute Gasteiger partial charge is 0.259 e. The molecule has 0 spiro atoms. The second-order valence-corrected chi connectivity index (χ2v) is 5.18. The number of hydrogen-bond donors (Lipinski definition) is 2. The fourth-order valence-electron chi connectivity index (χ4n) is 1.50. The predicted molar refractivity (Wildman–Crippen MR) is 80.2 cm³/mol. The van der Waals surface area contributed by atoms with Gasteiger partial charge in [-0.05, 0) is 49.9 Å². The molecule has 0 atom stereocenters. The lowest BCUT2D eigenvalue weighted by Gasteiger charge is -2.06. The Labute approximate surface area is 119 Å². The third kappa shape index (κ3) is 6.87. The van der Waals surface area contributed by atoms with Crippen molar-refractivity contribution in [3.63, 3.8) is 0 Å². The number of halogens is 1. The maximum absolute atomic E-state index is 12.7. The van der Waals surface area contributed by atoms with Crippen molar-refractivity contribution in [2.45, 2.75) is 33.6 Å². The molecule has 1 amide bonds. The normalized spacial score (nSPS) is 11.6. The van der Waals surface area contributed by atoms with Gasteiger partial charge < -0.3 is 5.32 Å².